The topological polar surface area (TPSA) is 199 Å². The molecule has 0 radical (unpaired) electrons. The lowest BCUT2D eigenvalue weighted by molar-refractivity contribution is -0.138. The van der Waals surface area contributed by atoms with Crippen molar-refractivity contribution in [3.63, 3.8) is 0 Å². The molecule has 0 fully saturated rings. The first-order valence-corrected chi connectivity index (χ1v) is 12.5. The van der Waals surface area contributed by atoms with Crippen molar-refractivity contribution in [2.45, 2.75) is 29.9 Å². The Labute approximate surface area is 209 Å². The molecule has 0 saturated heterocycles. The fourth-order valence-corrected chi connectivity index (χ4v) is 4.93. The second kappa shape index (κ2) is 11.3. The lowest BCUT2D eigenvalue weighted by Gasteiger charge is -2.16. The summed E-state index contributed by atoms with van der Waals surface area (Å²) in [5.74, 6) is -2.00. The molecular weight excluding hydrogens is 544 g/mol. The standard InChI is InChI=1S/C21H23BrN6O6S/c22-13-2-1-3-16(8-13)35(32,33)28-18(20(30)31)11-25-19(29)10-15-9-17(27-34-15)12-4-6-14(7-5-12)26-21(23)24/h1-8,15,18,28H,9-11H2,(H,25,29)(H,30,31)(H4,23,24,26)/t15-,18-/m0/s1. The zero-order valence-electron chi connectivity index (χ0n) is 18.2. The molecule has 1 aliphatic heterocycles. The van der Waals surface area contributed by atoms with Crippen molar-refractivity contribution in [3.05, 3.63) is 58.6 Å². The van der Waals surface area contributed by atoms with Gasteiger partial charge in [-0.3, -0.25) is 9.59 Å². The Morgan fingerprint density at radius 3 is 2.57 bits per heavy atom. The second-order valence-electron chi connectivity index (χ2n) is 7.53. The number of benzene rings is 2. The Kier molecular flexibility index (Phi) is 8.43. The van der Waals surface area contributed by atoms with Crippen molar-refractivity contribution >= 4 is 55.2 Å². The monoisotopic (exact) mass is 566 g/mol. The van der Waals surface area contributed by atoms with Crippen molar-refractivity contribution in [3.8, 4) is 0 Å². The number of carboxylic acid groups (broad SMARTS) is 1. The van der Waals surface area contributed by atoms with Crippen LogP contribution in [0, 0.1) is 0 Å². The molecule has 2 aromatic carbocycles. The van der Waals surface area contributed by atoms with Crippen LogP contribution in [0.2, 0.25) is 0 Å². The summed E-state index contributed by atoms with van der Waals surface area (Å²) < 4.78 is 27.6. The van der Waals surface area contributed by atoms with Crippen LogP contribution >= 0.6 is 15.9 Å². The SMILES string of the molecule is NC(N)=Nc1ccc(C2=NO[C@H](CC(=O)NC[C@H](NS(=O)(=O)c3cccc(Br)c3)C(=O)O)C2)cc1. The lowest BCUT2D eigenvalue weighted by atomic mass is 10.0. The number of hydrogen-bond donors (Lipinski definition) is 5. The zero-order valence-corrected chi connectivity index (χ0v) is 20.6. The number of carbonyl (C=O) groups is 2. The van der Waals surface area contributed by atoms with Crippen molar-refractivity contribution in [2.75, 3.05) is 6.54 Å². The number of guanidine groups is 1. The molecule has 0 spiro atoms. The first-order valence-electron chi connectivity index (χ1n) is 10.2. The van der Waals surface area contributed by atoms with Gasteiger partial charge in [0.1, 0.15) is 12.1 Å². The normalized spacial score (nSPS) is 16.0. The molecule has 0 aliphatic carbocycles. The van der Waals surface area contributed by atoms with E-state index in [-0.39, 0.29) is 17.3 Å². The molecule has 7 N–H and O–H groups in total. The van der Waals surface area contributed by atoms with Gasteiger partial charge in [-0.15, -0.1) is 0 Å². The maximum atomic E-state index is 12.5. The van der Waals surface area contributed by atoms with E-state index in [4.69, 9.17) is 16.3 Å². The van der Waals surface area contributed by atoms with Crippen LogP contribution in [0.15, 0.2) is 68.0 Å². The summed E-state index contributed by atoms with van der Waals surface area (Å²) in [6.07, 6.45) is -0.291. The predicted molar refractivity (Wildman–Crippen MR) is 131 cm³/mol. The van der Waals surface area contributed by atoms with Gasteiger partial charge in [-0.2, -0.15) is 4.72 Å². The summed E-state index contributed by atoms with van der Waals surface area (Å²) in [7, 11) is -4.12. The van der Waals surface area contributed by atoms with Gasteiger partial charge in [0, 0.05) is 17.4 Å². The van der Waals surface area contributed by atoms with Crippen LogP contribution in [0.1, 0.15) is 18.4 Å². The number of carbonyl (C=O) groups excluding carboxylic acids is 1. The highest BCUT2D eigenvalue weighted by Gasteiger charge is 2.28. The molecule has 14 heteroatoms. The maximum Gasteiger partial charge on any atom is 0.323 e. The fourth-order valence-electron chi connectivity index (χ4n) is 3.15. The number of carboxylic acids is 1. The number of aliphatic carboxylic acids is 1. The number of oxime groups is 1. The third-order valence-electron chi connectivity index (χ3n) is 4.81. The highest BCUT2D eigenvalue weighted by Crippen LogP contribution is 2.21. The van der Waals surface area contributed by atoms with E-state index >= 15 is 0 Å². The molecule has 186 valence electrons. The minimum absolute atomic E-state index is 0.0589. The van der Waals surface area contributed by atoms with Crippen LogP contribution in [0.25, 0.3) is 0 Å². The van der Waals surface area contributed by atoms with E-state index in [9.17, 15) is 23.1 Å². The van der Waals surface area contributed by atoms with Crippen LogP contribution in [-0.2, 0) is 24.4 Å². The summed E-state index contributed by atoms with van der Waals surface area (Å²) in [5.41, 5.74) is 12.7. The number of nitrogens with one attached hydrogen (secondary N) is 2. The fraction of sp³-hybridized carbons (Fsp3) is 0.238. The average Bonchev–Trinajstić information content (AvgIpc) is 3.25. The molecule has 12 nitrogen and oxygen atoms in total. The zero-order chi connectivity index (χ0) is 25.6. The Morgan fingerprint density at radius 1 is 1.23 bits per heavy atom. The van der Waals surface area contributed by atoms with E-state index in [1.54, 1.807) is 30.3 Å². The van der Waals surface area contributed by atoms with E-state index in [0.29, 0.717) is 22.3 Å². The van der Waals surface area contributed by atoms with Gasteiger partial charge in [-0.25, -0.2) is 13.4 Å². The van der Waals surface area contributed by atoms with Crippen molar-refractivity contribution in [1.29, 1.82) is 0 Å². The van der Waals surface area contributed by atoms with Gasteiger partial charge in [-0.05, 0) is 35.9 Å². The minimum Gasteiger partial charge on any atom is -0.480 e. The van der Waals surface area contributed by atoms with Gasteiger partial charge in [0.25, 0.3) is 0 Å². The van der Waals surface area contributed by atoms with E-state index in [1.165, 1.54) is 18.2 Å². The van der Waals surface area contributed by atoms with Gasteiger partial charge < -0.3 is 26.7 Å². The summed E-state index contributed by atoms with van der Waals surface area (Å²) in [4.78, 5) is 33.0. The average molecular weight is 567 g/mol. The second-order valence-corrected chi connectivity index (χ2v) is 10.2. The number of nitrogens with two attached hydrogens (primary N) is 2. The predicted octanol–water partition coefficient (Wildman–Crippen LogP) is 0.785. The summed E-state index contributed by atoms with van der Waals surface area (Å²) in [5, 5.41) is 15.8. The van der Waals surface area contributed by atoms with E-state index in [1.807, 2.05) is 0 Å². The van der Waals surface area contributed by atoms with Gasteiger partial charge >= 0.3 is 5.97 Å². The Morgan fingerprint density at radius 2 is 1.94 bits per heavy atom. The highest BCUT2D eigenvalue weighted by molar-refractivity contribution is 9.10. The van der Waals surface area contributed by atoms with Crippen LogP contribution in [0.4, 0.5) is 5.69 Å². The number of sulfonamides is 1. The molecule has 0 saturated carbocycles. The first-order chi connectivity index (χ1) is 16.5. The quantitative estimate of drug-likeness (QED) is 0.205. The Balaban J connectivity index is 1.52. The lowest BCUT2D eigenvalue weighted by Crippen LogP contribution is -2.48. The van der Waals surface area contributed by atoms with Crippen LogP contribution in [0.5, 0.6) is 0 Å². The third kappa shape index (κ3) is 7.50. The van der Waals surface area contributed by atoms with E-state index < -0.39 is 40.6 Å². The molecule has 3 rings (SSSR count). The number of rotatable bonds is 10. The largest absolute Gasteiger partial charge is 0.480 e. The number of hydrogen-bond acceptors (Lipinski definition) is 7. The van der Waals surface area contributed by atoms with Gasteiger partial charge in [0.2, 0.25) is 15.9 Å². The summed E-state index contributed by atoms with van der Waals surface area (Å²) in [6, 6.07) is 11.2. The van der Waals surface area contributed by atoms with Crippen LogP contribution < -0.4 is 21.5 Å². The number of halogens is 1. The summed E-state index contributed by atoms with van der Waals surface area (Å²) in [6.45, 7) is -0.450. The van der Waals surface area contributed by atoms with Crippen LogP contribution in [0.3, 0.4) is 0 Å². The molecule has 2 atom stereocenters. The molecule has 1 aliphatic rings. The van der Waals surface area contributed by atoms with Gasteiger partial charge in [0.05, 0.1) is 22.7 Å². The number of nitrogens with zero attached hydrogens (tertiary/aromatic N) is 2. The van der Waals surface area contributed by atoms with E-state index in [2.05, 4.69) is 36.1 Å². The number of aliphatic imine (C=N–C) groups is 1. The summed E-state index contributed by atoms with van der Waals surface area (Å²) >= 11 is 3.17. The molecule has 2 aromatic rings. The highest BCUT2D eigenvalue weighted by atomic mass is 79.9. The molecular formula is C21H23BrN6O6S. The van der Waals surface area contributed by atoms with Gasteiger partial charge in [0.15, 0.2) is 5.96 Å². The molecule has 1 heterocycles. The molecule has 35 heavy (non-hydrogen) atoms. The molecule has 0 aromatic heterocycles. The smallest absolute Gasteiger partial charge is 0.323 e. The van der Waals surface area contributed by atoms with E-state index in [0.717, 1.165) is 5.56 Å². The minimum atomic E-state index is -4.12. The Hall–Kier alpha value is -3.49. The first kappa shape index (κ1) is 26.1. The number of amides is 1. The molecule has 1 amide bonds. The van der Waals surface area contributed by atoms with Crippen molar-refractivity contribution < 1.29 is 28.0 Å². The van der Waals surface area contributed by atoms with Crippen LogP contribution in [-0.4, -0.2) is 55.8 Å². The Bertz CT molecular complexity index is 1260. The van der Waals surface area contributed by atoms with Crippen molar-refractivity contribution in [1.82, 2.24) is 10.0 Å². The molecule has 0 bridgehead atoms. The molecule has 0 unspecified atom stereocenters. The van der Waals surface area contributed by atoms with Gasteiger partial charge in [-0.1, -0.05) is 39.3 Å². The maximum absolute atomic E-state index is 12.5. The third-order valence-corrected chi connectivity index (χ3v) is 6.77. The van der Waals surface area contributed by atoms with Crippen molar-refractivity contribution in [2.24, 2.45) is 21.6 Å².